The molecule has 2 amide bonds. The molecule has 1 saturated heterocycles. The van der Waals surface area contributed by atoms with E-state index >= 15 is 0 Å². The molecule has 0 bridgehead atoms. The Kier molecular flexibility index (Phi) is 5.47. The van der Waals surface area contributed by atoms with Crippen LogP contribution >= 0.6 is 0 Å². The van der Waals surface area contributed by atoms with Gasteiger partial charge in [0.15, 0.2) is 0 Å². The zero-order valence-corrected chi connectivity index (χ0v) is 16.4. The number of amides is 2. The van der Waals surface area contributed by atoms with Crippen LogP contribution in [0.2, 0.25) is 0 Å². The second-order valence-corrected chi connectivity index (χ2v) is 8.10. The Hall–Kier alpha value is -2.62. The first-order valence-corrected chi connectivity index (χ1v) is 10.4. The summed E-state index contributed by atoms with van der Waals surface area (Å²) in [5.41, 5.74) is 3.42. The van der Waals surface area contributed by atoms with Gasteiger partial charge in [-0.15, -0.1) is 0 Å². The molecule has 1 aliphatic carbocycles. The van der Waals surface area contributed by atoms with E-state index < -0.39 is 0 Å². The Morgan fingerprint density at radius 3 is 2.32 bits per heavy atom. The van der Waals surface area contributed by atoms with Crippen LogP contribution in [-0.4, -0.2) is 29.3 Å². The Bertz CT molecular complexity index is 825. The monoisotopic (exact) mass is 376 g/mol. The van der Waals surface area contributed by atoms with Crippen molar-refractivity contribution in [1.29, 1.82) is 0 Å². The first-order valence-electron chi connectivity index (χ1n) is 10.4. The lowest BCUT2D eigenvalue weighted by atomic mass is 10.0. The van der Waals surface area contributed by atoms with Crippen molar-refractivity contribution in [3.63, 3.8) is 0 Å². The highest BCUT2D eigenvalue weighted by atomic mass is 16.2. The number of likely N-dealkylation sites (tertiary alicyclic amines) is 1. The van der Waals surface area contributed by atoms with Crippen LogP contribution in [0.15, 0.2) is 54.6 Å². The summed E-state index contributed by atoms with van der Waals surface area (Å²) in [6.45, 7) is 2.58. The molecule has 146 valence electrons. The van der Waals surface area contributed by atoms with Crippen LogP contribution in [0.1, 0.15) is 50.6 Å². The van der Waals surface area contributed by atoms with Crippen LogP contribution in [-0.2, 0) is 9.59 Å². The third kappa shape index (κ3) is 3.96. The Balaban J connectivity index is 1.36. The first kappa shape index (κ1) is 18.7. The van der Waals surface area contributed by atoms with Crippen LogP contribution in [0.25, 0.3) is 11.1 Å². The SMILES string of the molecule is C[C@@H](NC(=O)[C@H]1CC(=O)N(C2CCCC2)C1)c1ccc(-c2ccccc2)cc1. The predicted molar refractivity (Wildman–Crippen MR) is 111 cm³/mol. The molecule has 0 unspecified atom stereocenters. The van der Waals surface area contributed by atoms with Crippen LogP contribution in [0.5, 0.6) is 0 Å². The minimum atomic E-state index is -0.223. The minimum Gasteiger partial charge on any atom is -0.349 e. The van der Waals surface area contributed by atoms with Gasteiger partial charge in [0.2, 0.25) is 11.8 Å². The summed E-state index contributed by atoms with van der Waals surface area (Å²) in [5.74, 6) is -0.0838. The van der Waals surface area contributed by atoms with E-state index in [9.17, 15) is 9.59 Å². The van der Waals surface area contributed by atoms with Gasteiger partial charge in [0, 0.05) is 19.0 Å². The fourth-order valence-electron chi connectivity index (χ4n) is 4.49. The van der Waals surface area contributed by atoms with E-state index in [1.54, 1.807) is 0 Å². The maximum atomic E-state index is 12.7. The highest BCUT2D eigenvalue weighted by Gasteiger charge is 2.38. The van der Waals surface area contributed by atoms with Gasteiger partial charge in [0.1, 0.15) is 0 Å². The average Bonchev–Trinajstić information content (AvgIpc) is 3.38. The van der Waals surface area contributed by atoms with Crippen molar-refractivity contribution in [2.75, 3.05) is 6.54 Å². The van der Waals surface area contributed by atoms with Crippen molar-refractivity contribution in [1.82, 2.24) is 10.2 Å². The number of nitrogens with one attached hydrogen (secondary N) is 1. The molecule has 0 aromatic heterocycles. The largest absolute Gasteiger partial charge is 0.349 e. The average molecular weight is 376 g/mol. The zero-order chi connectivity index (χ0) is 19.5. The number of hydrogen-bond acceptors (Lipinski definition) is 2. The third-order valence-corrected chi connectivity index (χ3v) is 6.17. The van der Waals surface area contributed by atoms with E-state index in [4.69, 9.17) is 0 Å². The summed E-state index contributed by atoms with van der Waals surface area (Å²) in [6, 6.07) is 18.9. The first-order chi connectivity index (χ1) is 13.6. The zero-order valence-electron chi connectivity index (χ0n) is 16.4. The predicted octanol–water partition coefficient (Wildman–Crippen LogP) is 4.32. The second-order valence-electron chi connectivity index (χ2n) is 8.10. The van der Waals surface area contributed by atoms with Crippen molar-refractivity contribution in [2.45, 2.75) is 51.1 Å². The van der Waals surface area contributed by atoms with E-state index in [1.165, 1.54) is 18.4 Å². The Morgan fingerprint density at radius 2 is 1.64 bits per heavy atom. The van der Waals surface area contributed by atoms with E-state index in [2.05, 4.69) is 41.7 Å². The maximum absolute atomic E-state index is 12.7. The maximum Gasteiger partial charge on any atom is 0.225 e. The molecule has 4 heteroatoms. The number of benzene rings is 2. The van der Waals surface area contributed by atoms with Crippen molar-refractivity contribution < 1.29 is 9.59 Å². The summed E-state index contributed by atoms with van der Waals surface area (Å²) in [7, 11) is 0. The lowest BCUT2D eigenvalue weighted by Crippen LogP contribution is -2.37. The van der Waals surface area contributed by atoms with E-state index in [0.29, 0.717) is 19.0 Å². The topological polar surface area (TPSA) is 49.4 Å². The lowest BCUT2D eigenvalue weighted by molar-refractivity contribution is -0.130. The molecule has 1 saturated carbocycles. The van der Waals surface area contributed by atoms with Crippen molar-refractivity contribution in [3.05, 3.63) is 60.2 Å². The molecule has 2 aromatic carbocycles. The third-order valence-electron chi connectivity index (χ3n) is 6.17. The number of hydrogen-bond donors (Lipinski definition) is 1. The van der Waals surface area contributed by atoms with E-state index in [1.807, 2.05) is 30.0 Å². The lowest BCUT2D eigenvalue weighted by Gasteiger charge is -2.24. The van der Waals surface area contributed by atoms with Gasteiger partial charge in [0.05, 0.1) is 12.0 Å². The molecule has 28 heavy (non-hydrogen) atoms. The smallest absolute Gasteiger partial charge is 0.225 e. The van der Waals surface area contributed by atoms with Gasteiger partial charge in [-0.1, -0.05) is 67.4 Å². The van der Waals surface area contributed by atoms with Crippen molar-refractivity contribution in [3.8, 4) is 11.1 Å². The van der Waals surface area contributed by atoms with Gasteiger partial charge in [-0.05, 0) is 36.5 Å². The molecule has 1 heterocycles. The summed E-state index contributed by atoms with van der Waals surface area (Å²) in [5, 5.41) is 3.11. The Morgan fingerprint density at radius 1 is 1.00 bits per heavy atom. The normalized spacial score (nSPS) is 21.1. The summed E-state index contributed by atoms with van der Waals surface area (Å²) < 4.78 is 0. The van der Waals surface area contributed by atoms with Gasteiger partial charge in [-0.2, -0.15) is 0 Å². The van der Waals surface area contributed by atoms with Crippen LogP contribution in [0, 0.1) is 5.92 Å². The summed E-state index contributed by atoms with van der Waals surface area (Å²) in [4.78, 5) is 27.0. The van der Waals surface area contributed by atoms with Gasteiger partial charge < -0.3 is 10.2 Å². The van der Waals surface area contributed by atoms with E-state index in [-0.39, 0.29) is 23.8 Å². The van der Waals surface area contributed by atoms with Gasteiger partial charge in [-0.25, -0.2) is 0 Å². The molecule has 1 N–H and O–H groups in total. The van der Waals surface area contributed by atoms with Gasteiger partial charge >= 0.3 is 0 Å². The standard InChI is InChI=1S/C24H28N2O2/c1-17(18-11-13-20(14-12-18)19-7-3-2-4-8-19)25-24(28)21-15-23(27)26(16-21)22-9-5-6-10-22/h2-4,7-8,11-14,17,21-22H,5-6,9-10,15-16H2,1H3,(H,25,28)/t17-,21+/m1/s1. The quantitative estimate of drug-likeness (QED) is 0.845. The second kappa shape index (κ2) is 8.17. The highest BCUT2D eigenvalue weighted by molar-refractivity contribution is 5.89. The molecule has 2 aromatic rings. The molecule has 0 radical (unpaired) electrons. The fraction of sp³-hybridized carbons (Fsp3) is 0.417. The molecular weight excluding hydrogens is 348 g/mol. The highest BCUT2D eigenvalue weighted by Crippen LogP contribution is 2.30. The van der Waals surface area contributed by atoms with Crippen molar-refractivity contribution in [2.24, 2.45) is 5.92 Å². The Labute approximate surface area is 166 Å². The molecule has 2 fully saturated rings. The fourth-order valence-corrected chi connectivity index (χ4v) is 4.49. The summed E-state index contributed by atoms with van der Waals surface area (Å²) in [6.07, 6.45) is 4.92. The van der Waals surface area contributed by atoms with Gasteiger partial charge in [0.25, 0.3) is 0 Å². The summed E-state index contributed by atoms with van der Waals surface area (Å²) >= 11 is 0. The molecule has 0 spiro atoms. The molecule has 2 aliphatic rings. The van der Waals surface area contributed by atoms with Crippen LogP contribution in [0.4, 0.5) is 0 Å². The van der Waals surface area contributed by atoms with Crippen LogP contribution < -0.4 is 5.32 Å². The van der Waals surface area contributed by atoms with Crippen molar-refractivity contribution >= 4 is 11.8 Å². The molecular formula is C24H28N2O2. The number of carbonyl (C=O) groups excluding carboxylic acids is 2. The molecule has 1 aliphatic heterocycles. The minimum absolute atomic E-state index is 0.00603. The number of carbonyl (C=O) groups is 2. The molecule has 2 atom stereocenters. The molecule has 4 rings (SSSR count). The van der Waals surface area contributed by atoms with Crippen LogP contribution in [0.3, 0.4) is 0 Å². The number of rotatable bonds is 5. The molecule has 4 nitrogen and oxygen atoms in total. The number of nitrogens with zero attached hydrogens (tertiary/aromatic N) is 1. The van der Waals surface area contributed by atoms with E-state index in [0.717, 1.165) is 24.0 Å². The van der Waals surface area contributed by atoms with Gasteiger partial charge in [-0.3, -0.25) is 9.59 Å².